The van der Waals surface area contributed by atoms with Crippen molar-refractivity contribution in [3.8, 4) is 11.1 Å². The summed E-state index contributed by atoms with van der Waals surface area (Å²) in [6, 6.07) is 14.8. The molecule has 1 aliphatic rings. The molecular formula is C23H19F2N3O6. The molecule has 1 atom stereocenters. The summed E-state index contributed by atoms with van der Waals surface area (Å²) >= 11 is 0. The smallest absolute Gasteiger partial charge is 0.414 e. The van der Waals surface area contributed by atoms with E-state index < -0.39 is 42.6 Å². The van der Waals surface area contributed by atoms with E-state index in [0.29, 0.717) is 0 Å². The zero-order chi connectivity index (χ0) is 24.2. The van der Waals surface area contributed by atoms with E-state index in [-0.39, 0.29) is 18.4 Å². The van der Waals surface area contributed by atoms with Crippen molar-refractivity contribution >= 4 is 23.9 Å². The first-order valence-electron chi connectivity index (χ1n) is 10.2. The summed E-state index contributed by atoms with van der Waals surface area (Å²) in [7, 11) is 0. The molecule has 176 valence electrons. The Morgan fingerprint density at radius 1 is 1.06 bits per heavy atom. The highest BCUT2D eigenvalue weighted by Crippen LogP contribution is 2.44. The van der Waals surface area contributed by atoms with Crippen molar-refractivity contribution in [3.63, 3.8) is 0 Å². The number of rotatable bonds is 8. The maximum atomic E-state index is 12.9. The molecule has 3 aromatic rings. The first-order valence-corrected chi connectivity index (χ1v) is 10.2. The van der Waals surface area contributed by atoms with E-state index in [1.54, 1.807) is 0 Å². The molecule has 0 radical (unpaired) electrons. The summed E-state index contributed by atoms with van der Waals surface area (Å²) in [4.78, 5) is 35.0. The molecule has 2 amide bonds. The number of halogens is 2. The Balaban J connectivity index is 1.36. The molecule has 0 fully saturated rings. The summed E-state index contributed by atoms with van der Waals surface area (Å²) in [6.07, 6.45) is -4.92. The largest absolute Gasteiger partial charge is 0.481 e. The topological polar surface area (TPSA) is 131 Å². The summed E-state index contributed by atoms with van der Waals surface area (Å²) in [5, 5.41) is 16.2. The number of anilines is 1. The number of amides is 2. The van der Waals surface area contributed by atoms with Crippen molar-refractivity contribution in [1.29, 1.82) is 0 Å². The molecule has 11 heteroatoms. The molecule has 0 aliphatic heterocycles. The van der Waals surface area contributed by atoms with E-state index in [4.69, 9.17) is 14.4 Å². The van der Waals surface area contributed by atoms with Crippen LogP contribution in [0, 0.1) is 0 Å². The summed E-state index contributed by atoms with van der Waals surface area (Å²) < 4.78 is 36.0. The second-order valence-corrected chi connectivity index (χ2v) is 7.54. The van der Waals surface area contributed by atoms with Crippen molar-refractivity contribution < 1.29 is 37.5 Å². The molecule has 1 unspecified atom stereocenters. The molecular weight excluding hydrogens is 452 g/mol. The van der Waals surface area contributed by atoms with E-state index in [9.17, 15) is 23.2 Å². The van der Waals surface area contributed by atoms with Crippen LogP contribution in [0.3, 0.4) is 0 Å². The molecule has 0 bridgehead atoms. The minimum Gasteiger partial charge on any atom is -0.481 e. The third-order valence-corrected chi connectivity index (χ3v) is 5.33. The second kappa shape index (κ2) is 9.69. The summed E-state index contributed by atoms with van der Waals surface area (Å²) in [6.45, 7) is 0.0482. The Hall–Kier alpha value is -4.28. The fraction of sp³-hybridized carbons (Fsp3) is 0.217. The van der Waals surface area contributed by atoms with Crippen LogP contribution in [-0.2, 0) is 9.53 Å². The number of nitrogens with one attached hydrogen (secondary N) is 2. The molecule has 0 spiro atoms. The second-order valence-electron chi connectivity index (χ2n) is 7.54. The van der Waals surface area contributed by atoms with Gasteiger partial charge < -0.3 is 19.7 Å². The van der Waals surface area contributed by atoms with Crippen LogP contribution in [0.25, 0.3) is 11.1 Å². The van der Waals surface area contributed by atoms with Gasteiger partial charge in [-0.2, -0.15) is 0 Å². The van der Waals surface area contributed by atoms with Gasteiger partial charge in [0.2, 0.25) is 5.88 Å². The zero-order valence-corrected chi connectivity index (χ0v) is 17.5. The first-order chi connectivity index (χ1) is 16.3. The SMILES string of the molecule is O=C(O)CC(NC(=O)c1cc(NC(=O)OCC2c3ccccc3-c3ccccc32)on1)C(F)F. The molecule has 0 saturated carbocycles. The number of carbonyl (C=O) groups is 3. The van der Waals surface area contributed by atoms with Gasteiger partial charge in [0.1, 0.15) is 12.6 Å². The lowest BCUT2D eigenvalue weighted by molar-refractivity contribution is -0.138. The van der Waals surface area contributed by atoms with Gasteiger partial charge in [-0.25, -0.2) is 13.6 Å². The van der Waals surface area contributed by atoms with Gasteiger partial charge in [0, 0.05) is 12.0 Å². The van der Waals surface area contributed by atoms with Gasteiger partial charge >= 0.3 is 12.1 Å². The van der Waals surface area contributed by atoms with E-state index in [1.807, 2.05) is 53.8 Å². The number of carboxylic acids is 1. The van der Waals surface area contributed by atoms with Crippen LogP contribution < -0.4 is 10.6 Å². The number of aromatic nitrogens is 1. The lowest BCUT2D eigenvalue weighted by Gasteiger charge is -2.14. The van der Waals surface area contributed by atoms with E-state index in [0.717, 1.165) is 28.3 Å². The van der Waals surface area contributed by atoms with E-state index >= 15 is 0 Å². The van der Waals surface area contributed by atoms with E-state index in [2.05, 4.69) is 10.5 Å². The number of nitrogens with zero attached hydrogens (tertiary/aromatic N) is 1. The monoisotopic (exact) mass is 471 g/mol. The van der Waals surface area contributed by atoms with Crippen molar-refractivity contribution in [2.75, 3.05) is 11.9 Å². The van der Waals surface area contributed by atoms with Gasteiger partial charge in [-0.05, 0) is 22.3 Å². The van der Waals surface area contributed by atoms with Crippen molar-refractivity contribution in [3.05, 3.63) is 71.4 Å². The minimum atomic E-state index is -3.09. The highest BCUT2D eigenvalue weighted by atomic mass is 19.3. The number of ether oxygens (including phenoxy) is 1. The average Bonchev–Trinajstić information content (AvgIpc) is 3.39. The Kier molecular flexibility index (Phi) is 6.53. The van der Waals surface area contributed by atoms with Crippen molar-refractivity contribution in [1.82, 2.24) is 10.5 Å². The quantitative estimate of drug-likeness (QED) is 0.455. The van der Waals surface area contributed by atoms with Crippen LogP contribution >= 0.6 is 0 Å². The molecule has 34 heavy (non-hydrogen) atoms. The highest BCUT2D eigenvalue weighted by molar-refractivity contribution is 5.94. The van der Waals surface area contributed by atoms with Crippen LogP contribution in [0.1, 0.15) is 34.0 Å². The standard InChI is InChI=1S/C23H19F2N3O6/c24-21(25)17(10-20(29)30)26-22(31)18-9-19(34-28-18)27-23(32)33-11-16-14-7-3-1-5-12(14)13-6-2-4-8-15(13)16/h1-9,16-17,21H,10-11H2,(H,26,31)(H,27,32)(H,29,30). The molecule has 3 N–H and O–H groups in total. The number of hydrogen-bond acceptors (Lipinski definition) is 6. The Morgan fingerprint density at radius 2 is 1.68 bits per heavy atom. The van der Waals surface area contributed by atoms with Crippen molar-refractivity contribution in [2.24, 2.45) is 0 Å². The minimum absolute atomic E-state index is 0.0482. The maximum Gasteiger partial charge on any atom is 0.414 e. The van der Waals surface area contributed by atoms with Gasteiger partial charge in [0.05, 0.1) is 6.42 Å². The average molecular weight is 471 g/mol. The van der Waals surface area contributed by atoms with Gasteiger partial charge in [-0.3, -0.25) is 14.9 Å². The maximum absolute atomic E-state index is 12.9. The molecule has 4 rings (SSSR count). The van der Waals surface area contributed by atoms with Gasteiger partial charge in [0.25, 0.3) is 12.3 Å². The Bertz CT molecular complexity index is 1180. The number of benzene rings is 2. The van der Waals surface area contributed by atoms with Crippen LogP contribution in [0.2, 0.25) is 0 Å². The van der Waals surface area contributed by atoms with Crippen LogP contribution in [-0.4, -0.2) is 47.3 Å². The molecule has 9 nitrogen and oxygen atoms in total. The molecule has 1 aliphatic carbocycles. The molecule has 1 heterocycles. The third kappa shape index (κ3) is 4.87. The van der Waals surface area contributed by atoms with Crippen molar-refractivity contribution in [2.45, 2.75) is 24.8 Å². The fourth-order valence-electron chi connectivity index (χ4n) is 3.81. The number of carbonyl (C=O) groups excluding carboxylic acids is 2. The number of aliphatic carboxylic acids is 1. The lowest BCUT2D eigenvalue weighted by atomic mass is 9.98. The predicted octanol–water partition coefficient (Wildman–Crippen LogP) is 3.87. The molecule has 2 aromatic carbocycles. The predicted molar refractivity (Wildman–Crippen MR) is 115 cm³/mol. The fourth-order valence-corrected chi connectivity index (χ4v) is 3.81. The Labute approximate surface area is 191 Å². The summed E-state index contributed by atoms with van der Waals surface area (Å²) in [5.74, 6) is -2.97. The van der Waals surface area contributed by atoms with Gasteiger partial charge in [0.15, 0.2) is 5.69 Å². The highest BCUT2D eigenvalue weighted by Gasteiger charge is 2.30. The zero-order valence-electron chi connectivity index (χ0n) is 17.5. The first kappa shape index (κ1) is 22.9. The summed E-state index contributed by atoms with van der Waals surface area (Å²) in [5.41, 5.74) is 3.80. The number of alkyl halides is 2. The normalized spacial score (nSPS) is 13.1. The lowest BCUT2D eigenvalue weighted by Crippen LogP contribution is -2.41. The van der Waals surface area contributed by atoms with Crippen LogP contribution in [0.15, 0.2) is 59.1 Å². The number of carboxylic acid groups (broad SMARTS) is 1. The van der Waals surface area contributed by atoms with Crippen LogP contribution in [0.5, 0.6) is 0 Å². The Morgan fingerprint density at radius 3 is 2.26 bits per heavy atom. The van der Waals surface area contributed by atoms with E-state index in [1.165, 1.54) is 0 Å². The molecule has 0 saturated heterocycles. The number of hydrogen-bond donors (Lipinski definition) is 3. The van der Waals surface area contributed by atoms with Crippen LogP contribution in [0.4, 0.5) is 19.5 Å². The van der Waals surface area contributed by atoms with Gasteiger partial charge in [-0.15, -0.1) is 0 Å². The number of fused-ring (bicyclic) bond motifs is 3. The third-order valence-electron chi connectivity index (χ3n) is 5.33. The van der Waals surface area contributed by atoms with Gasteiger partial charge in [-0.1, -0.05) is 53.7 Å². The molecule has 1 aromatic heterocycles.